The van der Waals surface area contributed by atoms with Crippen LogP contribution in [0.4, 0.5) is 16.4 Å². The SMILES string of the molecule is CC1(C)C(NC(=O)c2cnc(N3CCC(CN4CCC(n5ccc6c(N7CCC(=O)NC7=O)cncc65)CC4)CC3)nc2)C(C)(C)C1Oc1ccc(C#N)c(Cl)c1. The second kappa shape index (κ2) is 15.2. The number of anilines is 2. The molecule has 0 atom stereocenters. The summed E-state index contributed by atoms with van der Waals surface area (Å²) in [5.41, 5.74) is 1.81. The van der Waals surface area contributed by atoms with Crippen LogP contribution in [0.5, 0.6) is 5.75 Å². The fourth-order valence-electron chi connectivity index (χ4n) is 9.86. The van der Waals surface area contributed by atoms with Crippen molar-refractivity contribution in [3.05, 3.63) is 71.4 Å². The Hall–Kier alpha value is -5.26. The molecule has 4 fully saturated rings. The molecule has 3 aromatic heterocycles. The summed E-state index contributed by atoms with van der Waals surface area (Å²) in [4.78, 5) is 57.8. The van der Waals surface area contributed by atoms with Gasteiger partial charge in [0.2, 0.25) is 11.9 Å². The van der Waals surface area contributed by atoms with Crippen molar-refractivity contribution in [2.24, 2.45) is 16.7 Å². The van der Waals surface area contributed by atoms with Crippen molar-refractivity contribution in [1.82, 2.24) is 35.1 Å². The number of imide groups is 1. The highest BCUT2D eigenvalue weighted by Crippen LogP contribution is 2.55. The summed E-state index contributed by atoms with van der Waals surface area (Å²) in [6, 6.07) is 9.00. The van der Waals surface area contributed by atoms with E-state index in [4.69, 9.17) is 16.3 Å². The van der Waals surface area contributed by atoms with Crippen LogP contribution in [0.1, 0.15) is 81.8 Å². The maximum atomic E-state index is 13.4. The highest BCUT2D eigenvalue weighted by Gasteiger charge is 2.64. The third kappa shape index (κ3) is 7.39. The predicted octanol–water partition coefficient (Wildman–Crippen LogP) is 5.96. The number of hydrogen-bond donors (Lipinski definition) is 2. The van der Waals surface area contributed by atoms with E-state index in [9.17, 15) is 19.6 Å². The normalized spacial score (nSPS) is 22.8. The third-order valence-electron chi connectivity index (χ3n) is 12.7. The molecule has 1 aliphatic carbocycles. The van der Waals surface area contributed by atoms with Gasteiger partial charge in [0.25, 0.3) is 5.91 Å². The molecule has 6 heterocycles. The second-order valence-corrected chi connectivity index (χ2v) is 17.5. The molecule has 4 aliphatic rings. The number of carbonyl (C=O) groups excluding carboxylic acids is 3. The van der Waals surface area contributed by atoms with E-state index < -0.39 is 6.03 Å². The zero-order valence-electron chi connectivity index (χ0n) is 32.9. The Morgan fingerprint density at radius 3 is 2.37 bits per heavy atom. The quantitative estimate of drug-likeness (QED) is 0.207. The van der Waals surface area contributed by atoms with Gasteiger partial charge in [-0.2, -0.15) is 5.26 Å². The number of nitrogens with zero attached hydrogens (tertiary/aromatic N) is 8. The van der Waals surface area contributed by atoms with Gasteiger partial charge in [0.15, 0.2) is 0 Å². The molecule has 1 saturated carbocycles. The maximum Gasteiger partial charge on any atom is 0.328 e. The maximum absolute atomic E-state index is 13.4. The molecular formula is C42H49ClN10O4. The topological polar surface area (TPSA) is 162 Å². The van der Waals surface area contributed by atoms with Crippen LogP contribution < -0.4 is 25.2 Å². The number of piperidine rings is 2. The number of nitriles is 1. The predicted molar refractivity (Wildman–Crippen MR) is 216 cm³/mol. The van der Waals surface area contributed by atoms with E-state index in [-0.39, 0.29) is 41.2 Å². The van der Waals surface area contributed by atoms with Crippen LogP contribution in [0.3, 0.4) is 0 Å². The van der Waals surface area contributed by atoms with Crippen LogP contribution >= 0.6 is 11.6 Å². The number of pyridine rings is 1. The Balaban J connectivity index is 0.800. The lowest BCUT2D eigenvalue weighted by Crippen LogP contribution is -2.74. The first-order chi connectivity index (χ1) is 27.3. The first-order valence-corrected chi connectivity index (χ1v) is 20.2. The molecule has 298 valence electrons. The monoisotopic (exact) mass is 792 g/mol. The Morgan fingerprint density at radius 2 is 1.70 bits per heavy atom. The van der Waals surface area contributed by atoms with Gasteiger partial charge >= 0.3 is 6.03 Å². The average molecular weight is 793 g/mol. The molecule has 2 N–H and O–H groups in total. The molecule has 4 aromatic rings. The molecule has 0 spiro atoms. The number of rotatable bonds is 9. The number of nitrogens with one attached hydrogen (secondary N) is 2. The number of aromatic nitrogens is 4. The Morgan fingerprint density at radius 1 is 0.982 bits per heavy atom. The number of hydrogen-bond acceptors (Lipinski definition) is 10. The molecule has 3 saturated heterocycles. The molecule has 57 heavy (non-hydrogen) atoms. The second-order valence-electron chi connectivity index (χ2n) is 17.1. The lowest BCUT2D eigenvalue weighted by molar-refractivity contribution is -0.164. The average Bonchev–Trinajstić information content (AvgIpc) is 3.64. The van der Waals surface area contributed by atoms with Crippen molar-refractivity contribution in [2.45, 2.75) is 78.0 Å². The molecule has 3 aliphatic heterocycles. The fraction of sp³-hybridized carbons (Fsp3) is 0.500. The van der Waals surface area contributed by atoms with Crippen LogP contribution in [0.2, 0.25) is 5.02 Å². The van der Waals surface area contributed by atoms with E-state index in [0.717, 1.165) is 75.0 Å². The van der Waals surface area contributed by atoms with E-state index >= 15 is 0 Å². The largest absolute Gasteiger partial charge is 0.489 e. The van der Waals surface area contributed by atoms with Crippen LogP contribution in [0.15, 0.2) is 55.2 Å². The minimum absolute atomic E-state index is 0.162. The molecule has 0 bridgehead atoms. The molecule has 8 rings (SSSR count). The highest BCUT2D eigenvalue weighted by atomic mass is 35.5. The standard InChI is InChI=1S/C42H49ClN10O4/c1-41(2)37(42(3,4)38(41)57-30-6-5-27(20-44)32(43)19-30)49-36(55)28-21-46-39(47-22-28)51-15-7-26(8-16-51)25-50-13-9-29(10-14-50)52-17-11-31-33(52)23-45-24-34(31)53-18-12-35(54)48-40(53)56/h5-6,11,17,19,21-24,26,29,37-38H,7-10,12-16,18,25H2,1-4H3,(H,49,55)(H,48,54,56). The molecule has 15 heteroatoms. The molecule has 0 radical (unpaired) electrons. The number of amides is 4. The van der Waals surface area contributed by atoms with Gasteiger partial charge in [-0.25, -0.2) is 14.8 Å². The van der Waals surface area contributed by atoms with Crippen molar-refractivity contribution < 1.29 is 19.1 Å². The summed E-state index contributed by atoms with van der Waals surface area (Å²) in [6.07, 6.45) is 13.2. The summed E-state index contributed by atoms with van der Waals surface area (Å²) < 4.78 is 8.67. The number of ether oxygens (including phenoxy) is 1. The molecule has 0 unspecified atom stereocenters. The Labute approximate surface area is 337 Å². The van der Waals surface area contributed by atoms with Crippen LogP contribution in [-0.2, 0) is 4.79 Å². The number of urea groups is 1. The van der Waals surface area contributed by atoms with E-state index in [1.54, 1.807) is 41.7 Å². The van der Waals surface area contributed by atoms with Crippen molar-refractivity contribution in [3.8, 4) is 11.8 Å². The van der Waals surface area contributed by atoms with Crippen LogP contribution in [0.25, 0.3) is 10.9 Å². The lowest BCUT2D eigenvalue weighted by Gasteiger charge is -2.63. The van der Waals surface area contributed by atoms with Crippen LogP contribution in [-0.4, -0.2) is 93.7 Å². The zero-order valence-corrected chi connectivity index (χ0v) is 33.6. The molecular weight excluding hydrogens is 744 g/mol. The van der Waals surface area contributed by atoms with Crippen molar-refractivity contribution in [2.75, 3.05) is 49.1 Å². The molecule has 1 aromatic carbocycles. The van der Waals surface area contributed by atoms with Gasteiger partial charge in [-0.05, 0) is 49.8 Å². The van der Waals surface area contributed by atoms with E-state index in [1.165, 1.54) is 0 Å². The lowest BCUT2D eigenvalue weighted by atomic mass is 9.49. The fourth-order valence-corrected chi connectivity index (χ4v) is 10.1. The molecule has 4 amide bonds. The van der Waals surface area contributed by atoms with Gasteiger partial charge in [-0.15, -0.1) is 0 Å². The Bertz CT molecular complexity index is 2200. The van der Waals surface area contributed by atoms with E-state index in [1.807, 2.05) is 6.20 Å². The number of likely N-dealkylation sites (tertiary alicyclic amines) is 1. The van der Waals surface area contributed by atoms with Crippen molar-refractivity contribution >= 4 is 52.0 Å². The molecule has 14 nitrogen and oxygen atoms in total. The third-order valence-corrected chi connectivity index (χ3v) is 13.0. The summed E-state index contributed by atoms with van der Waals surface area (Å²) >= 11 is 6.25. The number of benzene rings is 1. The highest BCUT2D eigenvalue weighted by molar-refractivity contribution is 6.31. The first-order valence-electron chi connectivity index (χ1n) is 19.9. The van der Waals surface area contributed by atoms with Crippen molar-refractivity contribution in [3.63, 3.8) is 0 Å². The number of halogens is 1. The summed E-state index contributed by atoms with van der Waals surface area (Å²) in [6.45, 7) is 13.5. The van der Waals surface area contributed by atoms with Gasteiger partial charge in [-0.1, -0.05) is 39.3 Å². The zero-order chi connectivity index (χ0) is 40.1. The van der Waals surface area contributed by atoms with Gasteiger partial charge in [0.1, 0.15) is 17.9 Å². The smallest absolute Gasteiger partial charge is 0.328 e. The van der Waals surface area contributed by atoms with E-state index in [0.29, 0.717) is 46.4 Å². The van der Waals surface area contributed by atoms with Crippen molar-refractivity contribution in [1.29, 1.82) is 5.26 Å². The number of carbonyl (C=O) groups is 3. The summed E-state index contributed by atoms with van der Waals surface area (Å²) in [7, 11) is 0. The minimum atomic E-state index is -0.397. The van der Waals surface area contributed by atoms with Gasteiger partial charge in [-0.3, -0.25) is 24.8 Å². The van der Waals surface area contributed by atoms with Crippen LogP contribution in [0, 0.1) is 28.1 Å². The van der Waals surface area contributed by atoms with Gasteiger partial charge in [0.05, 0.1) is 39.7 Å². The number of fused-ring (bicyclic) bond motifs is 1. The van der Waals surface area contributed by atoms with Gasteiger partial charge in [0, 0.05) is 98.6 Å². The van der Waals surface area contributed by atoms with E-state index in [2.05, 4.69) is 86.0 Å². The Kier molecular flexibility index (Phi) is 10.3. The minimum Gasteiger partial charge on any atom is -0.489 e. The first kappa shape index (κ1) is 38.6. The van der Waals surface area contributed by atoms with Gasteiger partial charge < -0.3 is 24.4 Å². The summed E-state index contributed by atoms with van der Waals surface area (Å²) in [5, 5.41) is 16.2. The summed E-state index contributed by atoms with van der Waals surface area (Å²) in [5.74, 6) is 1.37.